The molecule has 1 aromatic heterocycles. The van der Waals surface area contributed by atoms with Gasteiger partial charge in [-0.25, -0.2) is 9.97 Å². The fourth-order valence-electron chi connectivity index (χ4n) is 1.62. The van der Waals surface area contributed by atoms with Crippen LogP contribution in [0.5, 0.6) is 0 Å². The van der Waals surface area contributed by atoms with E-state index in [1.807, 2.05) is 26.8 Å². The first-order valence-corrected chi connectivity index (χ1v) is 5.74. The Labute approximate surface area is 97.2 Å². The van der Waals surface area contributed by atoms with Crippen LogP contribution in [0.25, 0.3) is 0 Å². The Kier molecular flexibility index (Phi) is 4.38. The van der Waals surface area contributed by atoms with Crippen molar-refractivity contribution in [3.8, 4) is 0 Å². The fraction of sp³-hybridized carbons (Fsp3) is 0.667. The SMILES string of the molecule is CCOC(C)(CC)c1nc(C)cc(CN)n1. The highest BCUT2D eigenvalue weighted by Crippen LogP contribution is 2.26. The smallest absolute Gasteiger partial charge is 0.160 e. The molecule has 0 saturated heterocycles. The zero-order valence-electron chi connectivity index (χ0n) is 10.6. The average molecular weight is 223 g/mol. The van der Waals surface area contributed by atoms with Crippen LogP contribution in [0.3, 0.4) is 0 Å². The van der Waals surface area contributed by atoms with Crippen LogP contribution < -0.4 is 5.73 Å². The second kappa shape index (κ2) is 5.37. The molecule has 1 rings (SSSR count). The van der Waals surface area contributed by atoms with Gasteiger partial charge in [0.25, 0.3) is 0 Å². The Morgan fingerprint density at radius 1 is 1.38 bits per heavy atom. The molecule has 0 amide bonds. The van der Waals surface area contributed by atoms with Crippen LogP contribution in [0.15, 0.2) is 6.07 Å². The minimum atomic E-state index is -0.412. The van der Waals surface area contributed by atoms with Gasteiger partial charge >= 0.3 is 0 Å². The number of rotatable bonds is 5. The maximum Gasteiger partial charge on any atom is 0.160 e. The molecule has 2 N–H and O–H groups in total. The van der Waals surface area contributed by atoms with Crippen molar-refractivity contribution in [3.63, 3.8) is 0 Å². The molecule has 4 nitrogen and oxygen atoms in total. The molecule has 0 fully saturated rings. The summed E-state index contributed by atoms with van der Waals surface area (Å²) < 4.78 is 5.75. The summed E-state index contributed by atoms with van der Waals surface area (Å²) in [6, 6.07) is 1.91. The second-order valence-electron chi connectivity index (χ2n) is 4.05. The van der Waals surface area contributed by atoms with E-state index in [0.29, 0.717) is 13.2 Å². The van der Waals surface area contributed by atoms with E-state index < -0.39 is 5.60 Å². The third-order valence-corrected chi connectivity index (χ3v) is 2.73. The predicted octanol–water partition coefficient (Wildman–Crippen LogP) is 1.91. The van der Waals surface area contributed by atoms with E-state index in [4.69, 9.17) is 10.5 Å². The Balaban J connectivity index is 3.13. The third kappa shape index (κ3) is 2.77. The van der Waals surface area contributed by atoms with Gasteiger partial charge in [-0.1, -0.05) is 6.92 Å². The number of ether oxygens (including phenoxy) is 1. The first-order chi connectivity index (χ1) is 7.55. The summed E-state index contributed by atoms with van der Waals surface area (Å²) >= 11 is 0. The van der Waals surface area contributed by atoms with E-state index >= 15 is 0 Å². The van der Waals surface area contributed by atoms with Crippen LogP contribution in [0.2, 0.25) is 0 Å². The van der Waals surface area contributed by atoms with E-state index in [1.54, 1.807) is 0 Å². The molecule has 1 heterocycles. The minimum Gasteiger partial charge on any atom is -0.368 e. The summed E-state index contributed by atoms with van der Waals surface area (Å²) in [5, 5.41) is 0. The van der Waals surface area contributed by atoms with Crippen molar-refractivity contribution in [3.05, 3.63) is 23.3 Å². The van der Waals surface area contributed by atoms with Crippen molar-refractivity contribution in [1.82, 2.24) is 9.97 Å². The van der Waals surface area contributed by atoms with Gasteiger partial charge in [0.15, 0.2) is 5.82 Å². The monoisotopic (exact) mass is 223 g/mol. The van der Waals surface area contributed by atoms with Gasteiger partial charge in [0.05, 0.1) is 5.69 Å². The maximum absolute atomic E-state index is 5.75. The van der Waals surface area contributed by atoms with Crippen molar-refractivity contribution in [2.24, 2.45) is 5.73 Å². The molecule has 0 saturated carbocycles. The van der Waals surface area contributed by atoms with E-state index in [9.17, 15) is 0 Å². The van der Waals surface area contributed by atoms with Crippen LogP contribution >= 0.6 is 0 Å². The molecule has 0 aromatic carbocycles. The third-order valence-electron chi connectivity index (χ3n) is 2.73. The lowest BCUT2D eigenvalue weighted by molar-refractivity contribution is -0.0393. The van der Waals surface area contributed by atoms with Crippen LogP contribution in [0, 0.1) is 6.92 Å². The molecular formula is C12H21N3O. The largest absolute Gasteiger partial charge is 0.368 e. The van der Waals surface area contributed by atoms with E-state index in [1.165, 1.54) is 0 Å². The molecule has 90 valence electrons. The Bertz CT molecular complexity index is 354. The lowest BCUT2D eigenvalue weighted by atomic mass is 10.0. The van der Waals surface area contributed by atoms with Gasteiger partial charge in [-0.05, 0) is 33.3 Å². The second-order valence-corrected chi connectivity index (χ2v) is 4.05. The van der Waals surface area contributed by atoms with Gasteiger partial charge < -0.3 is 10.5 Å². The summed E-state index contributed by atoms with van der Waals surface area (Å²) in [5.74, 6) is 0.734. The van der Waals surface area contributed by atoms with Crippen LogP contribution in [0.1, 0.15) is 44.4 Å². The molecule has 1 aromatic rings. The average Bonchev–Trinajstić information content (AvgIpc) is 2.28. The van der Waals surface area contributed by atoms with E-state index in [2.05, 4.69) is 16.9 Å². The van der Waals surface area contributed by atoms with Crippen molar-refractivity contribution in [2.45, 2.75) is 46.3 Å². The van der Waals surface area contributed by atoms with Gasteiger partial charge in [-0.2, -0.15) is 0 Å². The van der Waals surface area contributed by atoms with E-state index in [-0.39, 0.29) is 0 Å². The summed E-state index contributed by atoms with van der Waals surface area (Å²) in [4.78, 5) is 8.90. The van der Waals surface area contributed by atoms with E-state index in [0.717, 1.165) is 23.6 Å². The van der Waals surface area contributed by atoms with Crippen molar-refractivity contribution < 1.29 is 4.74 Å². The van der Waals surface area contributed by atoms with Gasteiger partial charge in [0.2, 0.25) is 0 Å². The zero-order chi connectivity index (χ0) is 12.2. The summed E-state index contributed by atoms with van der Waals surface area (Å²) in [6.45, 7) is 9.11. The topological polar surface area (TPSA) is 61.0 Å². The molecule has 0 aliphatic heterocycles. The number of nitrogens with two attached hydrogens (primary N) is 1. The van der Waals surface area contributed by atoms with Crippen LogP contribution in [0.4, 0.5) is 0 Å². The normalized spacial score (nSPS) is 14.8. The number of hydrogen-bond donors (Lipinski definition) is 1. The molecule has 0 aliphatic carbocycles. The lowest BCUT2D eigenvalue weighted by Crippen LogP contribution is -2.28. The maximum atomic E-state index is 5.75. The number of aromatic nitrogens is 2. The van der Waals surface area contributed by atoms with Crippen LogP contribution in [-0.4, -0.2) is 16.6 Å². The first-order valence-electron chi connectivity index (χ1n) is 5.74. The first kappa shape index (κ1) is 13.1. The van der Waals surface area contributed by atoms with Crippen molar-refractivity contribution in [2.75, 3.05) is 6.61 Å². The Hall–Kier alpha value is -1.00. The number of hydrogen-bond acceptors (Lipinski definition) is 4. The molecule has 0 aliphatic rings. The molecule has 0 bridgehead atoms. The summed E-state index contributed by atoms with van der Waals surface area (Å²) in [5.41, 5.74) is 7.00. The Morgan fingerprint density at radius 3 is 2.56 bits per heavy atom. The highest BCUT2D eigenvalue weighted by atomic mass is 16.5. The van der Waals surface area contributed by atoms with Crippen molar-refractivity contribution >= 4 is 0 Å². The highest BCUT2D eigenvalue weighted by Gasteiger charge is 2.28. The molecule has 16 heavy (non-hydrogen) atoms. The molecule has 0 radical (unpaired) electrons. The van der Waals surface area contributed by atoms with Gasteiger partial charge in [0, 0.05) is 18.8 Å². The standard InChI is InChI=1S/C12H21N3O/c1-5-12(4,16-6-2)11-14-9(3)7-10(8-13)15-11/h7H,5-6,8,13H2,1-4H3. The van der Waals surface area contributed by atoms with Crippen LogP contribution in [-0.2, 0) is 16.9 Å². The summed E-state index contributed by atoms with van der Waals surface area (Å²) in [7, 11) is 0. The minimum absolute atomic E-state index is 0.412. The van der Waals surface area contributed by atoms with Gasteiger partial charge in [-0.3, -0.25) is 0 Å². The zero-order valence-corrected chi connectivity index (χ0v) is 10.6. The van der Waals surface area contributed by atoms with Gasteiger partial charge in [-0.15, -0.1) is 0 Å². The fourth-order valence-corrected chi connectivity index (χ4v) is 1.62. The lowest BCUT2D eigenvalue weighted by Gasteiger charge is -2.27. The molecule has 1 unspecified atom stereocenters. The number of aryl methyl sites for hydroxylation is 1. The predicted molar refractivity (Wildman–Crippen MR) is 63.9 cm³/mol. The molecular weight excluding hydrogens is 202 g/mol. The Morgan fingerprint density at radius 2 is 2.06 bits per heavy atom. The van der Waals surface area contributed by atoms with Crippen molar-refractivity contribution in [1.29, 1.82) is 0 Å². The molecule has 1 atom stereocenters. The number of nitrogens with zero attached hydrogens (tertiary/aromatic N) is 2. The quantitative estimate of drug-likeness (QED) is 0.828. The molecule has 0 spiro atoms. The summed E-state index contributed by atoms with van der Waals surface area (Å²) in [6.07, 6.45) is 0.842. The molecule has 4 heteroatoms. The van der Waals surface area contributed by atoms with Gasteiger partial charge in [0.1, 0.15) is 5.60 Å². The highest BCUT2D eigenvalue weighted by molar-refractivity contribution is 5.13.